The molecule has 0 aromatic heterocycles. The molecular weight excluding hydrogens is 349 g/mol. The summed E-state index contributed by atoms with van der Waals surface area (Å²) in [5.41, 5.74) is 1.94. The van der Waals surface area contributed by atoms with Crippen molar-refractivity contribution in [2.45, 2.75) is 6.54 Å². The third-order valence-electron chi connectivity index (χ3n) is 2.64. The van der Waals surface area contributed by atoms with Gasteiger partial charge in [-0.3, -0.25) is 0 Å². The largest absolute Gasteiger partial charge is 0.495 e. The van der Waals surface area contributed by atoms with Gasteiger partial charge in [0.05, 0.1) is 12.1 Å². The van der Waals surface area contributed by atoms with E-state index in [4.69, 9.17) is 27.9 Å². The van der Waals surface area contributed by atoms with E-state index in [2.05, 4.69) is 21.2 Å². The van der Waals surface area contributed by atoms with Crippen molar-refractivity contribution >= 4 is 44.8 Å². The van der Waals surface area contributed by atoms with Crippen LogP contribution in [0.4, 0.5) is 5.69 Å². The topological polar surface area (TPSA) is 21.3 Å². The first-order chi connectivity index (χ1) is 9.10. The first kappa shape index (κ1) is 14.5. The van der Waals surface area contributed by atoms with Crippen LogP contribution in [0, 0.1) is 0 Å². The fourth-order valence-electron chi connectivity index (χ4n) is 1.65. The molecule has 0 fully saturated rings. The summed E-state index contributed by atoms with van der Waals surface area (Å²) >= 11 is 15.6. The van der Waals surface area contributed by atoms with Crippen LogP contribution >= 0.6 is 39.1 Å². The van der Waals surface area contributed by atoms with Gasteiger partial charge in [-0.15, -0.1) is 0 Å². The maximum atomic E-state index is 6.13. The van der Waals surface area contributed by atoms with Gasteiger partial charge in [0.2, 0.25) is 0 Å². The average molecular weight is 361 g/mol. The summed E-state index contributed by atoms with van der Waals surface area (Å²) < 4.78 is 6.11. The van der Waals surface area contributed by atoms with Crippen molar-refractivity contribution < 1.29 is 4.74 Å². The fraction of sp³-hybridized carbons (Fsp3) is 0.143. The van der Waals surface area contributed by atoms with Crippen molar-refractivity contribution in [3.63, 3.8) is 0 Å². The molecule has 0 atom stereocenters. The molecule has 0 bridgehead atoms. The molecular formula is C14H12BrCl2NO. The Morgan fingerprint density at radius 3 is 2.58 bits per heavy atom. The van der Waals surface area contributed by atoms with E-state index in [0.717, 1.165) is 20.7 Å². The fourth-order valence-corrected chi connectivity index (χ4v) is 2.50. The van der Waals surface area contributed by atoms with Gasteiger partial charge in [0, 0.05) is 21.7 Å². The average Bonchev–Trinajstić information content (AvgIpc) is 2.40. The molecule has 0 aliphatic rings. The summed E-state index contributed by atoms with van der Waals surface area (Å²) in [6, 6.07) is 11.3. The number of anilines is 1. The number of hydrogen-bond donors (Lipinski definition) is 1. The van der Waals surface area contributed by atoms with E-state index < -0.39 is 0 Å². The van der Waals surface area contributed by atoms with E-state index in [-0.39, 0.29) is 0 Å². The molecule has 19 heavy (non-hydrogen) atoms. The molecule has 0 heterocycles. The Hall–Kier alpha value is -0.900. The standard InChI is InChI=1S/C14H12BrCl2NO/c1-19-14-5-3-11(7-13(14)17)18-8-9-6-10(15)2-4-12(9)16/h2-7,18H,8H2,1H3. The van der Waals surface area contributed by atoms with E-state index in [1.165, 1.54) is 0 Å². The minimum atomic E-state index is 0.577. The quantitative estimate of drug-likeness (QED) is 0.790. The normalized spacial score (nSPS) is 10.3. The molecule has 5 heteroatoms. The van der Waals surface area contributed by atoms with Gasteiger partial charge >= 0.3 is 0 Å². The second kappa shape index (κ2) is 6.51. The van der Waals surface area contributed by atoms with E-state index in [1.54, 1.807) is 7.11 Å². The lowest BCUT2D eigenvalue weighted by atomic mass is 10.2. The molecule has 100 valence electrons. The summed E-state index contributed by atoms with van der Waals surface area (Å²) in [6.07, 6.45) is 0. The summed E-state index contributed by atoms with van der Waals surface area (Å²) in [7, 11) is 1.59. The van der Waals surface area contributed by atoms with Gasteiger partial charge in [-0.2, -0.15) is 0 Å². The van der Waals surface area contributed by atoms with Gasteiger partial charge in [-0.05, 0) is 42.0 Å². The Balaban J connectivity index is 2.10. The van der Waals surface area contributed by atoms with Crippen molar-refractivity contribution in [3.8, 4) is 5.75 Å². The first-order valence-corrected chi connectivity index (χ1v) is 7.16. The minimum absolute atomic E-state index is 0.577. The van der Waals surface area contributed by atoms with Gasteiger partial charge in [-0.25, -0.2) is 0 Å². The molecule has 0 spiro atoms. The highest BCUT2D eigenvalue weighted by Crippen LogP contribution is 2.28. The zero-order valence-corrected chi connectivity index (χ0v) is 13.3. The van der Waals surface area contributed by atoms with Gasteiger partial charge < -0.3 is 10.1 Å². The Labute approximate surface area is 130 Å². The van der Waals surface area contributed by atoms with E-state index in [0.29, 0.717) is 17.3 Å². The van der Waals surface area contributed by atoms with Crippen molar-refractivity contribution in [1.82, 2.24) is 0 Å². The van der Waals surface area contributed by atoms with E-state index in [1.807, 2.05) is 36.4 Å². The van der Waals surface area contributed by atoms with Gasteiger partial charge in [0.1, 0.15) is 5.75 Å². The zero-order valence-electron chi connectivity index (χ0n) is 10.2. The van der Waals surface area contributed by atoms with Crippen LogP contribution in [-0.4, -0.2) is 7.11 Å². The molecule has 0 unspecified atom stereocenters. The van der Waals surface area contributed by atoms with Crippen LogP contribution in [-0.2, 0) is 6.54 Å². The van der Waals surface area contributed by atoms with Gasteiger partial charge in [-0.1, -0.05) is 39.1 Å². The minimum Gasteiger partial charge on any atom is -0.495 e. The van der Waals surface area contributed by atoms with Crippen molar-refractivity contribution in [2.24, 2.45) is 0 Å². The van der Waals surface area contributed by atoms with E-state index in [9.17, 15) is 0 Å². The molecule has 2 nitrogen and oxygen atoms in total. The summed E-state index contributed by atoms with van der Waals surface area (Å²) in [5.74, 6) is 0.660. The number of ether oxygens (including phenoxy) is 1. The van der Waals surface area contributed by atoms with Crippen molar-refractivity contribution in [3.05, 3.63) is 56.5 Å². The highest BCUT2D eigenvalue weighted by molar-refractivity contribution is 9.10. The molecule has 2 aromatic rings. The molecule has 0 amide bonds. The van der Waals surface area contributed by atoms with Crippen LogP contribution < -0.4 is 10.1 Å². The lowest BCUT2D eigenvalue weighted by Crippen LogP contribution is -2.00. The number of nitrogens with one attached hydrogen (secondary N) is 1. The number of hydrogen-bond acceptors (Lipinski definition) is 2. The number of methoxy groups -OCH3 is 1. The molecule has 2 rings (SSSR count). The second-order valence-electron chi connectivity index (χ2n) is 3.94. The summed E-state index contributed by atoms with van der Waals surface area (Å²) in [5, 5.41) is 4.58. The predicted octanol–water partition coefficient (Wildman–Crippen LogP) is 5.38. The predicted molar refractivity (Wildman–Crippen MR) is 84.5 cm³/mol. The summed E-state index contributed by atoms with van der Waals surface area (Å²) in [4.78, 5) is 0. The zero-order chi connectivity index (χ0) is 13.8. The number of benzene rings is 2. The first-order valence-electron chi connectivity index (χ1n) is 5.61. The molecule has 0 saturated carbocycles. The summed E-state index contributed by atoms with van der Waals surface area (Å²) in [6.45, 7) is 0.626. The third-order valence-corrected chi connectivity index (χ3v) is 3.80. The van der Waals surface area contributed by atoms with Crippen LogP contribution in [0.5, 0.6) is 5.75 Å². The Morgan fingerprint density at radius 1 is 1.11 bits per heavy atom. The third kappa shape index (κ3) is 3.78. The Bertz CT molecular complexity index is 590. The van der Waals surface area contributed by atoms with Crippen LogP contribution in [0.15, 0.2) is 40.9 Å². The number of halogens is 3. The smallest absolute Gasteiger partial charge is 0.137 e. The molecule has 0 saturated heterocycles. The maximum absolute atomic E-state index is 6.13. The van der Waals surface area contributed by atoms with Crippen LogP contribution in [0.25, 0.3) is 0 Å². The number of rotatable bonds is 4. The molecule has 1 N–H and O–H groups in total. The lowest BCUT2D eigenvalue weighted by Gasteiger charge is -2.10. The highest BCUT2D eigenvalue weighted by Gasteiger charge is 2.04. The molecule has 0 aliphatic heterocycles. The maximum Gasteiger partial charge on any atom is 0.137 e. The Kier molecular flexibility index (Phi) is 4.97. The molecule has 2 aromatic carbocycles. The van der Waals surface area contributed by atoms with Crippen LogP contribution in [0.2, 0.25) is 10.0 Å². The molecule has 0 radical (unpaired) electrons. The highest BCUT2D eigenvalue weighted by atomic mass is 79.9. The Morgan fingerprint density at radius 2 is 1.89 bits per heavy atom. The van der Waals surface area contributed by atoms with Crippen molar-refractivity contribution in [1.29, 1.82) is 0 Å². The SMILES string of the molecule is COc1ccc(NCc2cc(Br)ccc2Cl)cc1Cl. The lowest BCUT2D eigenvalue weighted by molar-refractivity contribution is 0.415. The van der Waals surface area contributed by atoms with Crippen molar-refractivity contribution in [2.75, 3.05) is 12.4 Å². The van der Waals surface area contributed by atoms with Gasteiger partial charge in [0.25, 0.3) is 0 Å². The second-order valence-corrected chi connectivity index (χ2v) is 5.67. The van der Waals surface area contributed by atoms with Crippen LogP contribution in [0.1, 0.15) is 5.56 Å². The van der Waals surface area contributed by atoms with Crippen LogP contribution in [0.3, 0.4) is 0 Å². The van der Waals surface area contributed by atoms with Gasteiger partial charge in [0.15, 0.2) is 0 Å². The molecule has 0 aliphatic carbocycles. The van der Waals surface area contributed by atoms with E-state index >= 15 is 0 Å². The monoisotopic (exact) mass is 359 g/mol.